The molecule has 0 aromatic rings. The van der Waals surface area contributed by atoms with Gasteiger partial charge in [0.25, 0.3) is 0 Å². The summed E-state index contributed by atoms with van der Waals surface area (Å²) in [5, 5.41) is 0. The molecule has 4 nitrogen and oxygen atoms in total. The molecule has 5 heteroatoms. The highest BCUT2D eigenvalue weighted by Crippen LogP contribution is 2.35. The van der Waals surface area contributed by atoms with E-state index in [2.05, 4.69) is 0 Å². The van der Waals surface area contributed by atoms with Crippen molar-refractivity contribution in [3.8, 4) is 0 Å². The molecule has 100 valence electrons. The zero-order valence-corrected chi connectivity index (χ0v) is 11.4. The van der Waals surface area contributed by atoms with Gasteiger partial charge in [-0.25, -0.2) is 0 Å². The average molecular weight is 268 g/mol. The van der Waals surface area contributed by atoms with Crippen LogP contribution in [0.15, 0.2) is 0 Å². The second-order valence-electron chi connectivity index (χ2n) is 5.29. The van der Waals surface area contributed by atoms with Crippen molar-refractivity contribution in [2.24, 2.45) is 5.73 Å². The Morgan fingerprint density at radius 1 is 1.00 bits per heavy atom. The normalized spacial score (nSPS) is 24.8. The average Bonchev–Trinajstić information content (AvgIpc) is 2.60. The maximum Gasteiger partial charge on any atom is 0.230 e. The molecule has 0 radical (unpaired) electrons. The molecule has 2 aliphatic rings. The number of likely N-dealkylation sites (tertiary alicyclic amines) is 1. The first kappa shape index (κ1) is 13.5. The van der Waals surface area contributed by atoms with Crippen molar-refractivity contribution >= 4 is 29.0 Å². The van der Waals surface area contributed by atoms with Gasteiger partial charge in [0.1, 0.15) is 5.54 Å². The Hall–Kier alpha value is -0.970. The fraction of sp³-hybridized carbons (Fsp3) is 0.769. The maximum atomic E-state index is 12.0. The monoisotopic (exact) mass is 268 g/mol. The van der Waals surface area contributed by atoms with E-state index in [-0.39, 0.29) is 11.8 Å². The number of carbonyl (C=O) groups excluding carboxylic acids is 2. The molecule has 0 unspecified atom stereocenters. The predicted molar refractivity (Wildman–Crippen MR) is 72.9 cm³/mol. The van der Waals surface area contributed by atoms with E-state index in [1.165, 1.54) is 11.3 Å². The van der Waals surface area contributed by atoms with Crippen LogP contribution in [0.25, 0.3) is 0 Å². The lowest BCUT2D eigenvalue weighted by molar-refractivity contribution is -0.143. The second kappa shape index (κ2) is 5.34. The molecule has 2 amide bonds. The molecule has 1 saturated carbocycles. The third-order valence-corrected chi connectivity index (χ3v) is 4.50. The van der Waals surface area contributed by atoms with Crippen molar-refractivity contribution in [2.45, 2.75) is 63.3 Å². The second-order valence-corrected chi connectivity index (χ2v) is 5.73. The highest BCUT2D eigenvalue weighted by Gasteiger charge is 2.47. The van der Waals surface area contributed by atoms with Crippen molar-refractivity contribution in [3.05, 3.63) is 0 Å². The minimum absolute atomic E-state index is 0.103. The van der Waals surface area contributed by atoms with E-state index in [1.807, 2.05) is 0 Å². The van der Waals surface area contributed by atoms with Crippen molar-refractivity contribution in [3.63, 3.8) is 0 Å². The Morgan fingerprint density at radius 2 is 1.44 bits per heavy atom. The zero-order valence-electron chi connectivity index (χ0n) is 10.6. The Morgan fingerprint density at radius 3 is 1.89 bits per heavy atom. The van der Waals surface area contributed by atoms with E-state index in [1.54, 1.807) is 0 Å². The van der Waals surface area contributed by atoms with Gasteiger partial charge in [-0.1, -0.05) is 44.3 Å². The largest absolute Gasteiger partial charge is 0.391 e. The van der Waals surface area contributed by atoms with Gasteiger partial charge >= 0.3 is 0 Å². The van der Waals surface area contributed by atoms with Crippen LogP contribution in [0, 0.1) is 0 Å². The summed E-state index contributed by atoms with van der Waals surface area (Å²) < 4.78 is 0. The van der Waals surface area contributed by atoms with E-state index < -0.39 is 5.54 Å². The topological polar surface area (TPSA) is 63.4 Å². The minimum Gasteiger partial charge on any atom is -0.391 e. The molecule has 1 heterocycles. The SMILES string of the molecule is NC(=S)C1(N2C(=O)CCC2=O)CCCCCCC1. The zero-order chi connectivity index (χ0) is 13.2. The fourth-order valence-electron chi connectivity index (χ4n) is 3.12. The van der Waals surface area contributed by atoms with Crippen LogP contribution in [0.1, 0.15) is 57.8 Å². The van der Waals surface area contributed by atoms with Crippen LogP contribution in [0.2, 0.25) is 0 Å². The minimum atomic E-state index is -0.680. The predicted octanol–water partition coefficient (Wildman–Crippen LogP) is 1.90. The molecule has 0 bridgehead atoms. The van der Waals surface area contributed by atoms with Crippen LogP contribution in [0.5, 0.6) is 0 Å². The van der Waals surface area contributed by atoms with Crippen LogP contribution in [-0.4, -0.2) is 27.2 Å². The van der Waals surface area contributed by atoms with Crippen LogP contribution in [0.4, 0.5) is 0 Å². The lowest BCUT2D eigenvalue weighted by Gasteiger charge is -2.41. The Balaban J connectivity index is 2.32. The van der Waals surface area contributed by atoms with Crippen LogP contribution >= 0.6 is 12.2 Å². The third kappa shape index (κ3) is 2.28. The number of hydrogen-bond acceptors (Lipinski definition) is 3. The molecule has 0 spiro atoms. The van der Waals surface area contributed by atoms with Crippen LogP contribution in [-0.2, 0) is 9.59 Å². The van der Waals surface area contributed by atoms with Crippen molar-refractivity contribution in [1.82, 2.24) is 4.90 Å². The van der Waals surface area contributed by atoms with E-state index in [0.29, 0.717) is 17.8 Å². The van der Waals surface area contributed by atoms with E-state index in [0.717, 1.165) is 38.5 Å². The third-order valence-electron chi connectivity index (χ3n) is 4.12. The van der Waals surface area contributed by atoms with Crippen molar-refractivity contribution < 1.29 is 9.59 Å². The van der Waals surface area contributed by atoms with E-state index >= 15 is 0 Å². The molecule has 2 N–H and O–H groups in total. The van der Waals surface area contributed by atoms with Gasteiger partial charge in [-0.3, -0.25) is 14.5 Å². The molecule has 2 fully saturated rings. The number of amides is 2. The number of nitrogens with zero attached hydrogens (tertiary/aromatic N) is 1. The molecule has 0 atom stereocenters. The number of rotatable bonds is 2. The Kier molecular flexibility index (Phi) is 4.00. The van der Waals surface area contributed by atoms with Gasteiger partial charge < -0.3 is 5.73 Å². The maximum absolute atomic E-state index is 12.0. The van der Waals surface area contributed by atoms with Gasteiger partial charge in [-0.2, -0.15) is 0 Å². The summed E-state index contributed by atoms with van der Waals surface area (Å²) in [4.78, 5) is 25.7. The van der Waals surface area contributed by atoms with E-state index in [4.69, 9.17) is 18.0 Å². The quantitative estimate of drug-likeness (QED) is 0.614. The summed E-state index contributed by atoms with van der Waals surface area (Å²) in [6.45, 7) is 0. The number of thiocarbonyl (C=S) groups is 1. The van der Waals surface area contributed by atoms with Crippen LogP contribution in [0.3, 0.4) is 0 Å². The summed E-state index contributed by atoms with van der Waals surface area (Å²) in [5.41, 5.74) is 5.23. The Bertz CT molecular complexity index is 357. The van der Waals surface area contributed by atoms with Gasteiger partial charge in [-0.15, -0.1) is 0 Å². The standard InChI is InChI=1S/C13H20N2O2S/c14-12(18)13(8-4-2-1-3-5-9-13)15-10(16)6-7-11(15)17/h1-9H2,(H2,14,18). The van der Waals surface area contributed by atoms with Crippen LogP contribution < -0.4 is 5.73 Å². The van der Waals surface area contributed by atoms with Gasteiger partial charge in [-0.05, 0) is 12.8 Å². The molecular weight excluding hydrogens is 248 g/mol. The summed E-state index contributed by atoms with van der Waals surface area (Å²) in [6, 6.07) is 0. The summed E-state index contributed by atoms with van der Waals surface area (Å²) >= 11 is 5.21. The van der Waals surface area contributed by atoms with Gasteiger partial charge in [0.05, 0.1) is 4.99 Å². The van der Waals surface area contributed by atoms with Gasteiger partial charge in [0, 0.05) is 12.8 Å². The first-order valence-corrected chi connectivity index (χ1v) is 7.14. The molecule has 1 aliphatic heterocycles. The lowest BCUT2D eigenvalue weighted by Crippen LogP contribution is -2.59. The highest BCUT2D eigenvalue weighted by molar-refractivity contribution is 7.80. The molecule has 18 heavy (non-hydrogen) atoms. The van der Waals surface area contributed by atoms with Crippen molar-refractivity contribution in [1.29, 1.82) is 0 Å². The molecule has 1 saturated heterocycles. The molecule has 1 aliphatic carbocycles. The van der Waals surface area contributed by atoms with Gasteiger partial charge in [0.15, 0.2) is 0 Å². The number of hydrogen-bond donors (Lipinski definition) is 1. The summed E-state index contributed by atoms with van der Waals surface area (Å²) in [5.74, 6) is -0.207. The lowest BCUT2D eigenvalue weighted by atomic mass is 9.82. The van der Waals surface area contributed by atoms with Gasteiger partial charge in [0.2, 0.25) is 11.8 Å². The summed E-state index contributed by atoms with van der Waals surface area (Å²) in [6.07, 6.45) is 7.52. The molecular formula is C13H20N2O2S. The Labute approximate surface area is 113 Å². The van der Waals surface area contributed by atoms with E-state index in [9.17, 15) is 9.59 Å². The number of nitrogens with two attached hydrogens (primary N) is 1. The fourth-order valence-corrected chi connectivity index (χ4v) is 3.42. The number of imide groups is 1. The first-order valence-electron chi connectivity index (χ1n) is 6.74. The summed E-state index contributed by atoms with van der Waals surface area (Å²) in [7, 11) is 0. The molecule has 2 rings (SSSR count). The molecule has 0 aromatic heterocycles. The van der Waals surface area contributed by atoms with Crippen molar-refractivity contribution in [2.75, 3.05) is 0 Å². The number of carbonyl (C=O) groups is 2. The first-order chi connectivity index (χ1) is 8.58. The smallest absolute Gasteiger partial charge is 0.230 e. The highest BCUT2D eigenvalue weighted by atomic mass is 32.1. The molecule has 0 aromatic carbocycles.